The quantitative estimate of drug-likeness (QED) is 0.252. The van der Waals surface area contributed by atoms with Crippen molar-refractivity contribution < 1.29 is 142 Å². The van der Waals surface area contributed by atoms with Crippen molar-refractivity contribution in [1.82, 2.24) is 0 Å². The molecule has 160 valence electrons. The van der Waals surface area contributed by atoms with Gasteiger partial charge in [0, 0.05) is 155 Å². The monoisotopic (exact) mass is 1070 g/mol. The maximum Gasteiger partial charge on any atom is 0.0344 e. The standard InChI is InChI=1S/8CH3NO.4Hf/c8*2-1-3;;;;/h8*1H,(H2,2,3);;;;/p-8. The maximum atomic E-state index is 8.47. The Balaban J connectivity index is -0.0000000102. The van der Waals surface area contributed by atoms with Crippen LogP contribution in [0.1, 0.15) is 0 Å². The molecule has 20 heteroatoms. The molecule has 0 aliphatic rings. The van der Waals surface area contributed by atoms with Crippen molar-refractivity contribution in [3.8, 4) is 0 Å². The maximum absolute atomic E-state index is 8.47. The van der Waals surface area contributed by atoms with Gasteiger partial charge in [0.15, 0.2) is 0 Å². The Kier molecular flexibility index (Phi) is 920. The third-order valence-corrected chi connectivity index (χ3v) is 0. The number of hydrogen-bond acceptors (Lipinski definition) is 8. The van der Waals surface area contributed by atoms with Crippen LogP contribution in [0, 0.1) is 0 Å². The second-order valence-corrected chi connectivity index (χ2v) is 0.943. The van der Waals surface area contributed by atoms with Crippen LogP contribution in [0.5, 0.6) is 0 Å². The van der Waals surface area contributed by atoms with E-state index in [0.29, 0.717) is 0 Å². The van der Waals surface area contributed by atoms with E-state index in [9.17, 15) is 0 Å². The summed E-state index contributed by atoms with van der Waals surface area (Å²) in [6, 6.07) is 0. The molecule has 0 radical (unpaired) electrons. The van der Waals surface area contributed by atoms with Crippen molar-refractivity contribution in [1.29, 1.82) is 0 Å². The zero-order valence-electron chi connectivity index (χ0n) is 13.9. The van der Waals surface area contributed by atoms with E-state index in [1.165, 1.54) is 0 Å². The largest absolute Gasteiger partial charge is 0.671 e. The molecule has 0 aliphatic carbocycles. The first kappa shape index (κ1) is 80.8. The van der Waals surface area contributed by atoms with Crippen LogP contribution < -0.4 is 0 Å². The molecule has 0 unspecified atom stereocenters. The second kappa shape index (κ2) is 319. The van der Waals surface area contributed by atoms with E-state index in [1.54, 1.807) is 0 Å². The Morgan fingerprint density at radius 2 is 0.250 bits per heavy atom. The van der Waals surface area contributed by atoms with Crippen LogP contribution in [0.15, 0.2) is 0 Å². The summed E-state index contributed by atoms with van der Waals surface area (Å²) in [5.41, 5.74) is 44.2. The van der Waals surface area contributed by atoms with Crippen LogP contribution in [0.4, 0.5) is 0 Å². The topological polar surface area (TPSA) is 327 Å². The van der Waals surface area contributed by atoms with Gasteiger partial charge in [0.2, 0.25) is 0 Å². The van der Waals surface area contributed by atoms with Gasteiger partial charge in [0.25, 0.3) is 0 Å². The molecular formula is C8H16Hf4N8O8-8. The van der Waals surface area contributed by atoms with Crippen LogP contribution in [0.25, 0.3) is 45.9 Å². The Morgan fingerprint density at radius 3 is 0.250 bits per heavy atom. The molecular weight excluding hydrogens is 1050 g/mol. The predicted molar refractivity (Wildman–Crippen MR) is 83.1 cm³/mol. The molecule has 28 heavy (non-hydrogen) atoms. The van der Waals surface area contributed by atoms with Gasteiger partial charge in [-0.3, -0.25) is 0 Å². The van der Waals surface area contributed by atoms with Crippen molar-refractivity contribution in [2.24, 2.45) is 0 Å². The minimum absolute atomic E-state index is 0. The molecule has 0 rings (SSSR count). The molecule has 0 saturated heterocycles. The van der Waals surface area contributed by atoms with E-state index in [2.05, 4.69) is 0 Å². The van der Waals surface area contributed by atoms with Crippen molar-refractivity contribution in [3.05, 3.63) is 45.9 Å². The van der Waals surface area contributed by atoms with Gasteiger partial charge >= 0.3 is 0 Å². The average Bonchev–Trinajstić information content (AvgIpc) is 2.45. The summed E-state index contributed by atoms with van der Waals surface area (Å²) < 4.78 is 0. The van der Waals surface area contributed by atoms with Crippen LogP contribution >= 0.6 is 0 Å². The van der Waals surface area contributed by atoms with Gasteiger partial charge in [-0.25, -0.2) is 0 Å². The summed E-state index contributed by atoms with van der Waals surface area (Å²) in [5, 5.41) is 0. The molecule has 0 saturated carbocycles. The molecule has 0 bridgehead atoms. The molecule has 0 aliphatic heterocycles. The van der Waals surface area contributed by atoms with Gasteiger partial charge in [-0.2, -0.15) is 0 Å². The van der Waals surface area contributed by atoms with E-state index in [-0.39, 0.29) is 155 Å². The fourth-order valence-electron chi connectivity index (χ4n) is 0. The summed E-state index contributed by atoms with van der Waals surface area (Å²) in [4.78, 5) is 67.8. The van der Waals surface area contributed by atoms with Crippen molar-refractivity contribution in [2.45, 2.75) is 0 Å². The van der Waals surface area contributed by atoms with Gasteiger partial charge in [-0.1, -0.05) is 0 Å². The smallest absolute Gasteiger partial charge is 0.0344 e. The molecule has 16 nitrogen and oxygen atoms in total. The van der Waals surface area contributed by atoms with Gasteiger partial charge in [-0.05, 0) is 0 Å². The molecule has 0 fully saturated rings. The van der Waals surface area contributed by atoms with Crippen molar-refractivity contribution >= 4 is 51.3 Å². The summed E-state index contributed by atoms with van der Waals surface area (Å²) in [6.45, 7) is 0. The first-order chi connectivity index (χ1) is 11.3. The third kappa shape index (κ3) is 25700. The summed E-state index contributed by atoms with van der Waals surface area (Å²) in [6.07, 6.45) is 0. The molecule has 0 aromatic heterocycles. The fourth-order valence-corrected chi connectivity index (χ4v) is 0. The summed E-state index contributed by atoms with van der Waals surface area (Å²) in [7, 11) is 0. The molecule has 0 atom stereocenters. The van der Waals surface area contributed by atoms with Gasteiger partial charge in [0.05, 0.1) is 0 Å². The first-order valence-electron chi connectivity index (χ1n) is 4.20. The Morgan fingerprint density at radius 1 is 0.250 bits per heavy atom. The third-order valence-electron chi connectivity index (χ3n) is 0. The minimum Gasteiger partial charge on any atom is -0.671 e. The number of amides is 8. The molecule has 8 N–H and O–H groups in total. The van der Waals surface area contributed by atoms with Gasteiger partial charge in [-0.15, -0.1) is 0 Å². The zero-order chi connectivity index (χ0) is 21.7. The van der Waals surface area contributed by atoms with Gasteiger partial charge < -0.3 is 84.2 Å². The zero-order valence-corrected chi connectivity index (χ0v) is 28.3. The molecule has 0 spiro atoms. The number of nitrogens with one attached hydrogen (secondary N) is 8. The van der Waals surface area contributed by atoms with Gasteiger partial charge in [0.1, 0.15) is 0 Å². The number of carbonyl (C=O) groups is 8. The van der Waals surface area contributed by atoms with Crippen LogP contribution in [-0.4, -0.2) is 51.3 Å². The molecule has 8 amide bonds. The van der Waals surface area contributed by atoms with Crippen molar-refractivity contribution in [3.63, 3.8) is 0 Å². The number of rotatable bonds is 0. The van der Waals surface area contributed by atoms with Crippen LogP contribution in [-0.2, 0) is 142 Å². The fraction of sp³-hybridized carbons (Fsp3) is 0. The predicted octanol–water partition coefficient (Wildman–Crippen LogP) is 1.55. The minimum atomic E-state index is 0. The second-order valence-electron chi connectivity index (χ2n) is 0.943. The summed E-state index contributed by atoms with van der Waals surface area (Å²) >= 11 is 0. The molecule has 0 heterocycles. The number of hydrogen-bond donors (Lipinski definition) is 0. The Labute approximate surface area is 236 Å². The first-order valence-corrected chi connectivity index (χ1v) is 4.20. The van der Waals surface area contributed by atoms with E-state index >= 15 is 0 Å². The Bertz CT molecular complexity index is 187. The van der Waals surface area contributed by atoms with E-state index in [1.807, 2.05) is 0 Å². The number of carbonyl (C=O) groups excluding carboxylic acids is 8. The molecule has 0 aromatic carbocycles. The normalized spacial score (nSPS) is 3.43. The average molecular weight is 1070 g/mol. The van der Waals surface area contributed by atoms with E-state index in [0.717, 1.165) is 0 Å². The van der Waals surface area contributed by atoms with E-state index in [4.69, 9.17) is 84.2 Å². The SMILES string of the molecule is [Hf].[Hf].[Hf].[Hf].[NH-]C=O.[NH-]C=O.[NH-]C=O.[NH-]C=O.[NH-]C=O.[NH-]C=O.[NH-]C=O.[NH-]C=O. The molecule has 0 aromatic rings. The van der Waals surface area contributed by atoms with E-state index < -0.39 is 0 Å². The van der Waals surface area contributed by atoms with Crippen LogP contribution in [0.2, 0.25) is 0 Å². The Hall–Kier alpha value is -0.759. The van der Waals surface area contributed by atoms with Crippen molar-refractivity contribution in [2.75, 3.05) is 0 Å². The summed E-state index contributed by atoms with van der Waals surface area (Å²) in [5.74, 6) is 0. The van der Waals surface area contributed by atoms with Crippen LogP contribution in [0.3, 0.4) is 0 Å².